The van der Waals surface area contributed by atoms with Gasteiger partial charge in [-0.3, -0.25) is 4.55 Å². The molecule has 0 heterocycles. The summed E-state index contributed by atoms with van der Waals surface area (Å²) >= 11 is 0. The second-order valence-electron chi connectivity index (χ2n) is 3.09. The summed E-state index contributed by atoms with van der Waals surface area (Å²) < 4.78 is 35.2. The molecule has 1 atom stereocenters. The van der Waals surface area contributed by atoms with E-state index in [2.05, 4.69) is 11.3 Å². The zero-order valence-corrected chi connectivity index (χ0v) is 9.50. The van der Waals surface area contributed by atoms with Crippen molar-refractivity contribution in [1.82, 2.24) is 0 Å². The molecule has 0 bridgehead atoms. The van der Waals surface area contributed by atoms with Gasteiger partial charge in [0.1, 0.15) is 0 Å². The number of ether oxygens (including phenoxy) is 1. The molecule has 1 N–H and O–H groups in total. The van der Waals surface area contributed by atoms with Crippen molar-refractivity contribution in [1.29, 1.82) is 0 Å². The lowest BCUT2D eigenvalue weighted by Crippen LogP contribution is -2.22. The van der Waals surface area contributed by atoms with E-state index >= 15 is 0 Å². The summed E-state index contributed by atoms with van der Waals surface area (Å²) in [6.45, 7) is 4.98. The fourth-order valence-electron chi connectivity index (χ4n) is 1.11. The van der Waals surface area contributed by atoms with Gasteiger partial charge in [0.2, 0.25) is 0 Å². The van der Waals surface area contributed by atoms with Crippen LogP contribution < -0.4 is 0 Å². The Hall–Kier alpha value is -0.880. The first kappa shape index (κ1) is 14.1. The first-order chi connectivity index (χ1) is 6.91. The average molecular weight is 236 g/mol. The van der Waals surface area contributed by atoms with Gasteiger partial charge in [-0.1, -0.05) is 19.9 Å². The maximum absolute atomic E-state index is 10.9. The number of carbonyl (C=O) groups is 1. The van der Waals surface area contributed by atoms with Gasteiger partial charge in [0.15, 0.2) is 0 Å². The Kier molecular flexibility index (Phi) is 6.19. The summed E-state index contributed by atoms with van der Waals surface area (Å²) in [5.74, 6) is -0.597. The molecule has 0 aromatic heterocycles. The topological polar surface area (TPSA) is 80.7 Å². The minimum atomic E-state index is -4.05. The minimum Gasteiger partial charge on any atom is -0.462 e. The highest BCUT2D eigenvalue weighted by Crippen LogP contribution is 2.11. The van der Waals surface area contributed by atoms with E-state index < -0.39 is 21.3 Å². The van der Waals surface area contributed by atoms with E-state index in [4.69, 9.17) is 4.55 Å². The van der Waals surface area contributed by atoms with Crippen molar-refractivity contribution in [3.05, 3.63) is 12.7 Å². The van der Waals surface area contributed by atoms with E-state index in [0.717, 1.165) is 6.08 Å². The molecule has 0 saturated heterocycles. The molecule has 0 aliphatic carbocycles. The van der Waals surface area contributed by atoms with Crippen LogP contribution in [0.3, 0.4) is 0 Å². The molecule has 5 nitrogen and oxygen atoms in total. The first-order valence-electron chi connectivity index (χ1n) is 4.67. The van der Waals surface area contributed by atoms with Gasteiger partial charge >= 0.3 is 5.97 Å². The lowest BCUT2D eigenvalue weighted by Gasteiger charge is -2.12. The minimum absolute atomic E-state index is 0.0324. The van der Waals surface area contributed by atoms with E-state index in [1.807, 2.05) is 6.92 Å². The number of carbonyl (C=O) groups excluding carboxylic acids is 1. The molecule has 0 aliphatic heterocycles. The molecule has 6 heteroatoms. The van der Waals surface area contributed by atoms with Crippen molar-refractivity contribution in [2.24, 2.45) is 0 Å². The Morgan fingerprint density at radius 2 is 2.13 bits per heavy atom. The molecular weight excluding hydrogens is 220 g/mol. The van der Waals surface area contributed by atoms with Crippen LogP contribution in [-0.2, 0) is 19.6 Å². The summed E-state index contributed by atoms with van der Waals surface area (Å²) in [6.07, 6.45) is 2.10. The molecule has 0 rings (SSSR count). The third-order valence-corrected chi connectivity index (χ3v) is 3.20. The molecule has 15 heavy (non-hydrogen) atoms. The van der Waals surface area contributed by atoms with Crippen molar-refractivity contribution in [3.63, 3.8) is 0 Å². The molecule has 1 unspecified atom stereocenters. The predicted octanol–water partition coefficient (Wildman–Crippen LogP) is 1.16. The largest absolute Gasteiger partial charge is 0.462 e. The van der Waals surface area contributed by atoms with E-state index in [0.29, 0.717) is 12.8 Å². The molecule has 0 aromatic rings. The molecule has 0 aliphatic rings. The average Bonchev–Trinajstić information content (AvgIpc) is 2.14. The van der Waals surface area contributed by atoms with Crippen LogP contribution in [0, 0.1) is 0 Å². The van der Waals surface area contributed by atoms with Gasteiger partial charge in [0, 0.05) is 12.5 Å². The Balaban J connectivity index is 4.09. The molecule has 0 amide bonds. The highest BCUT2D eigenvalue weighted by Gasteiger charge is 2.21. The zero-order chi connectivity index (χ0) is 11.9. The van der Waals surface area contributed by atoms with Crippen LogP contribution in [0.25, 0.3) is 0 Å². The monoisotopic (exact) mass is 236 g/mol. The number of hydrogen-bond acceptors (Lipinski definition) is 4. The first-order valence-corrected chi connectivity index (χ1v) is 6.17. The van der Waals surface area contributed by atoms with Crippen molar-refractivity contribution >= 4 is 16.1 Å². The number of hydrogen-bond donors (Lipinski definition) is 1. The van der Waals surface area contributed by atoms with Gasteiger partial charge in [0.25, 0.3) is 10.1 Å². The Labute approximate surface area is 89.9 Å². The van der Waals surface area contributed by atoms with E-state index in [1.165, 1.54) is 0 Å². The van der Waals surface area contributed by atoms with Crippen LogP contribution in [0.1, 0.15) is 26.2 Å². The summed E-state index contributed by atoms with van der Waals surface area (Å²) in [5, 5.41) is -0.861. The third kappa shape index (κ3) is 6.24. The quantitative estimate of drug-likeness (QED) is 0.407. The van der Waals surface area contributed by atoms with E-state index in [9.17, 15) is 13.2 Å². The summed E-state index contributed by atoms with van der Waals surface area (Å²) in [6, 6.07) is 0. The van der Waals surface area contributed by atoms with Crippen molar-refractivity contribution in [2.45, 2.75) is 31.4 Å². The van der Waals surface area contributed by atoms with Crippen LogP contribution in [0.4, 0.5) is 0 Å². The van der Waals surface area contributed by atoms with Crippen LogP contribution in [0.15, 0.2) is 12.7 Å². The van der Waals surface area contributed by atoms with Crippen LogP contribution in [-0.4, -0.2) is 30.8 Å². The van der Waals surface area contributed by atoms with Gasteiger partial charge in [-0.25, -0.2) is 4.79 Å². The molecule has 0 fully saturated rings. The normalized spacial score (nSPS) is 13.2. The van der Waals surface area contributed by atoms with Crippen molar-refractivity contribution in [3.8, 4) is 0 Å². The fraction of sp³-hybridized carbons (Fsp3) is 0.667. The standard InChI is InChI=1S/C9H16O5S/c1-3-5-8(15(11,12)13)6-7-14-9(10)4-2/h4,8H,2-3,5-7H2,1H3,(H,11,12,13). The van der Waals surface area contributed by atoms with Crippen LogP contribution >= 0.6 is 0 Å². The van der Waals surface area contributed by atoms with Gasteiger partial charge < -0.3 is 4.74 Å². The van der Waals surface area contributed by atoms with Crippen molar-refractivity contribution < 1.29 is 22.5 Å². The summed E-state index contributed by atoms with van der Waals surface area (Å²) in [5.41, 5.74) is 0. The van der Waals surface area contributed by atoms with Gasteiger partial charge in [-0.2, -0.15) is 8.42 Å². The summed E-state index contributed by atoms with van der Waals surface area (Å²) in [4.78, 5) is 10.6. The lowest BCUT2D eigenvalue weighted by molar-refractivity contribution is -0.137. The van der Waals surface area contributed by atoms with Crippen LogP contribution in [0.2, 0.25) is 0 Å². The summed E-state index contributed by atoms with van der Waals surface area (Å²) in [7, 11) is -4.05. The molecule has 88 valence electrons. The SMILES string of the molecule is C=CC(=O)OCCC(CCC)S(=O)(=O)O. The molecular formula is C9H16O5S. The smallest absolute Gasteiger partial charge is 0.330 e. The van der Waals surface area contributed by atoms with Crippen molar-refractivity contribution in [2.75, 3.05) is 6.61 Å². The Bertz CT molecular complexity index is 306. The maximum Gasteiger partial charge on any atom is 0.330 e. The molecule has 0 spiro atoms. The second kappa shape index (κ2) is 6.58. The Morgan fingerprint density at radius 3 is 2.53 bits per heavy atom. The third-order valence-electron chi connectivity index (χ3n) is 1.88. The maximum atomic E-state index is 10.9. The zero-order valence-electron chi connectivity index (χ0n) is 8.68. The number of esters is 1. The molecule has 0 radical (unpaired) electrons. The number of rotatable bonds is 7. The molecule has 0 saturated carbocycles. The van der Waals surface area contributed by atoms with Gasteiger partial charge in [-0.05, 0) is 6.42 Å². The predicted molar refractivity (Wildman–Crippen MR) is 56.0 cm³/mol. The van der Waals surface area contributed by atoms with E-state index in [1.54, 1.807) is 0 Å². The van der Waals surface area contributed by atoms with Gasteiger partial charge in [0.05, 0.1) is 11.9 Å². The highest BCUT2D eigenvalue weighted by molar-refractivity contribution is 7.86. The Morgan fingerprint density at radius 1 is 1.53 bits per heavy atom. The van der Waals surface area contributed by atoms with Gasteiger partial charge in [-0.15, -0.1) is 0 Å². The van der Waals surface area contributed by atoms with Crippen LogP contribution in [0.5, 0.6) is 0 Å². The van der Waals surface area contributed by atoms with E-state index in [-0.39, 0.29) is 13.0 Å². The fourth-order valence-corrected chi connectivity index (χ4v) is 2.04. The molecule has 0 aromatic carbocycles. The second-order valence-corrected chi connectivity index (χ2v) is 4.78. The lowest BCUT2D eigenvalue weighted by atomic mass is 10.2. The highest BCUT2D eigenvalue weighted by atomic mass is 32.2.